The number of aromatic nitrogens is 1. The van der Waals surface area contributed by atoms with Gasteiger partial charge in [-0.2, -0.15) is 4.37 Å². The molecule has 0 radical (unpaired) electrons. The number of fused-ring (bicyclic) bond motifs is 2. The van der Waals surface area contributed by atoms with Crippen LogP contribution >= 0.6 is 11.5 Å². The molecule has 3 heteroatoms. The van der Waals surface area contributed by atoms with Crippen molar-refractivity contribution in [1.82, 2.24) is 9.27 Å². The van der Waals surface area contributed by atoms with Crippen molar-refractivity contribution in [3.63, 3.8) is 0 Å². The summed E-state index contributed by atoms with van der Waals surface area (Å²) in [6.45, 7) is 2.13. The highest BCUT2D eigenvalue weighted by molar-refractivity contribution is 7.13. The average Bonchev–Trinajstić information content (AvgIpc) is 2.93. The fourth-order valence-corrected chi connectivity index (χ4v) is 3.80. The van der Waals surface area contributed by atoms with Crippen molar-refractivity contribution in [3.05, 3.63) is 65.4 Å². The number of benzene rings is 2. The third-order valence-corrected chi connectivity index (χ3v) is 4.92. The Morgan fingerprint density at radius 2 is 2.10 bits per heavy atom. The highest BCUT2D eigenvalue weighted by Crippen LogP contribution is 2.34. The van der Waals surface area contributed by atoms with Gasteiger partial charge in [-0.1, -0.05) is 30.3 Å². The van der Waals surface area contributed by atoms with Crippen molar-refractivity contribution >= 4 is 21.6 Å². The molecule has 1 aliphatic heterocycles. The largest absolute Gasteiger partial charge is 0.301 e. The molecule has 20 heavy (non-hydrogen) atoms. The summed E-state index contributed by atoms with van der Waals surface area (Å²) in [5, 5.41) is 1.26. The van der Waals surface area contributed by atoms with Crippen LogP contribution in [0.25, 0.3) is 10.1 Å². The lowest BCUT2D eigenvalue weighted by Gasteiger charge is -2.32. The van der Waals surface area contributed by atoms with Gasteiger partial charge < -0.3 is 4.90 Å². The highest BCUT2D eigenvalue weighted by atomic mass is 32.1. The monoisotopic (exact) mass is 280 g/mol. The zero-order valence-corrected chi connectivity index (χ0v) is 12.2. The van der Waals surface area contributed by atoms with Crippen LogP contribution < -0.4 is 0 Å². The lowest BCUT2D eigenvalue weighted by atomic mass is 9.84. The maximum absolute atomic E-state index is 4.28. The predicted octanol–water partition coefficient (Wildman–Crippen LogP) is 3.87. The van der Waals surface area contributed by atoms with Gasteiger partial charge in [0.2, 0.25) is 0 Å². The molecule has 0 bridgehead atoms. The number of hydrogen-bond acceptors (Lipinski definition) is 3. The average molecular weight is 280 g/mol. The Bertz CT molecular complexity index is 762. The van der Waals surface area contributed by atoms with E-state index in [9.17, 15) is 0 Å². The molecule has 3 aromatic rings. The van der Waals surface area contributed by atoms with Crippen LogP contribution in [0.1, 0.15) is 22.6 Å². The first-order valence-electron chi connectivity index (χ1n) is 6.92. The van der Waals surface area contributed by atoms with Crippen molar-refractivity contribution in [1.29, 1.82) is 0 Å². The van der Waals surface area contributed by atoms with Gasteiger partial charge in [-0.25, -0.2) is 0 Å². The summed E-state index contributed by atoms with van der Waals surface area (Å²) < 4.78 is 5.55. The van der Waals surface area contributed by atoms with Crippen molar-refractivity contribution in [2.45, 2.75) is 12.5 Å². The van der Waals surface area contributed by atoms with Crippen molar-refractivity contribution in [3.8, 4) is 0 Å². The molecule has 0 saturated heterocycles. The molecule has 1 unspecified atom stereocenters. The summed E-state index contributed by atoms with van der Waals surface area (Å²) in [5.41, 5.74) is 4.33. The van der Waals surface area contributed by atoms with E-state index in [1.54, 1.807) is 11.5 Å². The molecule has 2 nitrogen and oxygen atoms in total. The number of rotatable bonds is 1. The summed E-state index contributed by atoms with van der Waals surface area (Å²) in [6, 6.07) is 15.6. The van der Waals surface area contributed by atoms with E-state index in [0.717, 1.165) is 13.1 Å². The summed E-state index contributed by atoms with van der Waals surface area (Å²) in [6.07, 6.45) is 1.97. The first kappa shape index (κ1) is 12.1. The maximum atomic E-state index is 4.28. The van der Waals surface area contributed by atoms with Gasteiger partial charge in [-0.15, -0.1) is 0 Å². The van der Waals surface area contributed by atoms with Crippen LogP contribution in [-0.4, -0.2) is 22.9 Å². The molecule has 1 atom stereocenters. The van der Waals surface area contributed by atoms with Crippen molar-refractivity contribution < 1.29 is 0 Å². The lowest BCUT2D eigenvalue weighted by Crippen LogP contribution is -2.30. The molecule has 0 N–H and O–H groups in total. The molecule has 0 aliphatic carbocycles. The maximum Gasteiger partial charge on any atom is 0.0550 e. The van der Waals surface area contributed by atoms with Gasteiger partial charge in [0.05, 0.1) is 4.70 Å². The summed E-state index contributed by atoms with van der Waals surface area (Å²) in [5.74, 6) is 0.467. The van der Waals surface area contributed by atoms with E-state index >= 15 is 0 Å². The first-order chi connectivity index (χ1) is 9.81. The second-order valence-corrected chi connectivity index (χ2v) is 6.40. The molecular weight excluding hydrogens is 264 g/mol. The molecule has 0 spiro atoms. The molecule has 100 valence electrons. The minimum atomic E-state index is 0.467. The topological polar surface area (TPSA) is 16.1 Å². The molecular formula is C17H16N2S. The molecule has 0 fully saturated rings. The molecule has 2 aromatic carbocycles. The van der Waals surface area contributed by atoms with Crippen LogP contribution in [0.5, 0.6) is 0 Å². The van der Waals surface area contributed by atoms with E-state index in [0.29, 0.717) is 5.92 Å². The van der Waals surface area contributed by atoms with E-state index in [4.69, 9.17) is 0 Å². The van der Waals surface area contributed by atoms with Crippen LogP contribution in [0.3, 0.4) is 0 Å². The second-order valence-electron chi connectivity index (χ2n) is 5.57. The second kappa shape index (κ2) is 4.69. The van der Waals surface area contributed by atoms with E-state index in [2.05, 4.69) is 58.8 Å². The molecule has 4 rings (SSSR count). The number of nitrogens with zero attached hydrogens (tertiary/aromatic N) is 2. The SMILES string of the molecule is CN1Cc2ccccc2C(c2ccc3sncc3c2)C1. The molecule has 1 aromatic heterocycles. The Labute approximate surface area is 122 Å². The highest BCUT2D eigenvalue weighted by Gasteiger charge is 2.24. The van der Waals surface area contributed by atoms with Gasteiger partial charge in [-0.05, 0) is 47.4 Å². The quantitative estimate of drug-likeness (QED) is 0.672. The minimum absolute atomic E-state index is 0.467. The van der Waals surface area contributed by atoms with Crippen LogP contribution in [0.4, 0.5) is 0 Å². The Balaban J connectivity index is 1.84. The minimum Gasteiger partial charge on any atom is -0.301 e. The molecule has 0 amide bonds. The Morgan fingerprint density at radius 3 is 3.05 bits per heavy atom. The van der Waals surface area contributed by atoms with E-state index in [1.807, 2.05) is 6.20 Å². The van der Waals surface area contributed by atoms with E-state index in [1.165, 1.54) is 26.8 Å². The van der Waals surface area contributed by atoms with Gasteiger partial charge in [0.25, 0.3) is 0 Å². The summed E-state index contributed by atoms with van der Waals surface area (Å²) in [4.78, 5) is 2.41. The molecule has 2 heterocycles. The summed E-state index contributed by atoms with van der Waals surface area (Å²) in [7, 11) is 2.20. The standard InChI is InChI=1S/C17H16N2S/c1-19-10-13-4-2-3-5-15(13)16(11-19)12-6-7-17-14(8-12)9-18-20-17/h2-9,16H,10-11H2,1H3. The fraction of sp³-hybridized carbons (Fsp3) is 0.235. The van der Waals surface area contributed by atoms with Gasteiger partial charge in [0.1, 0.15) is 0 Å². The van der Waals surface area contributed by atoms with Crippen LogP contribution in [0, 0.1) is 0 Å². The smallest absolute Gasteiger partial charge is 0.0550 e. The van der Waals surface area contributed by atoms with Crippen LogP contribution in [0.15, 0.2) is 48.7 Å². The lowest BCUT2D eigenvalue weighted by molar-refractivity contribution is 0.295. The Hall–Kier alpha value is -1.71. The molecule has 0 saturated carbocycles. The normalized spacial score (nSPS) is 19.1. The fourth-order valence-electron chi connectivity index (χ4n) is 3.18. The zero-order valence-electron chi connectivity index (χ0n) is 11.4. The Morgan fingerprint density at radius 1 is 1.20 bits per heavy atom. The van der Waals surface area contributed by atoms with Gasteiger partial charge in [0, 0.05) is 30.6 Å². The Kier molecular flexibility index (Phi) is 2.83. The first-order valence-corrected chi connectivity index (χ1v) is 7.69. The van der Waals surface area contributed by atoms with Gasteiger partial charge in [0.15, 0.2) is 0 Å². The van der Waals surface area contributed by atoms with Gasteiger partial charge in [-0.3, -0.25) is 0 Å². The van der Waals surface area contributed by atoms with Gasteiger partial charge >= 0.3 is 0 Å². The van der Waals surface area contributed by atoms with Crippen molar-refractivity contribution in [2.75, 3.05) is 13.6 Å². The number of hydrogen-bond donors (Lipinski definition) is 0. The van der Waals surface area contributed by atoms with E-state index < -0.39 is 0 Å². The number of likely N-dealkylation sites (N-methyl/N-ethyl adjacent to an activating group) is 1. The summed E-state index contributed by atoms with van der Waals surface area (Å²) >= 11 is 1.57. The molecule has 1 aliphatic rings. The predicted molar refractivity (Wildman–Crippen MR) is 84.2 cm³/mol. The third-order valence-electron chi connectivity index (χ3n) is 4.14. The third kappa shape index (κ3) is 1.94. The van der Waals surface area contributed by atoms with Crippen molar-refractivity contribution in [2.24, 2.45) is 0 Å². The van der Waals surface area contributed by atoms with Crippen LogP contribution in [-0.2, 0) is 6.54 Å². The van der Waals surface area contributed by atoms with Crippen LogP contribution in [0.2, 0.25) is 0 Å². The zero-order chi connectivity index (χ0) is 13.5. The van der Waals surface area contributed by atoms with E-state index in [-0.39, 0.29) is 0 Å².